The van der Waals surface area contributed by atoms with Crippen molar-refractivity contribution >= 4 is 27.0 Å². The molecule has 0 aliphatic heterocycles. The molecule has 9 heteroatoms. The third-order valence-electron chi connectivity index (χ3n) is 3.67. The van der Waals surface area contributed by atoms with Crippen molar-refractivity contribution in [1.82, 2.24) is 10.2 Å². The molecule has 1 aliphatic carbocycles. The molecule has 2 aromatic heterocycles. The van der Waals surface area contributed by atoms with E-state index in [0.29, 0.717) is 33.8 Å². The van der Waals surface area contributed by atoms with E-state index in [-0.39, 0.29) is 4.21 Å². The zero-order valence-corrected chi connectivity index (χ0v) is 14.5. The zero-order valence-electron chi connectivity index (χ0n) is 12.8. The summed E-state index contributed by atoms with van der Waals surface area (Å²) in [6.07, 6.45) is 2.11. The van der Waals surface area contributed by atoms with E-state index in [1.807, 2.05) is 6.07 Å². The van der Waals surface area contributed by atoms with E-state index in [0.717, 1.165) is 24.2 Å². The Labute approximate surface area is 148 Å². The minimum absolute atomic E-state index is 0.135. The van der Waals surface area contributed by atoms with Crippen molar-refractivity contribution in [2.24, 2.45) is 0 Å². The van der Waals surface area contributed by atoms with Crippen LogP contribution in [0.4, 0.5) is 5.69 Å². The smallest absolute Gasteiger partial charge is 0.271 e. The number of thiophene rings is 1. The molecule has 0 radical (unpaired) electrons. The van der Waals surface area contributed by atoms with Crippen molar-refractivity contribution in [2.75, 3.05) is 4.72 Å². The predicted molar refractivity (Wildman–Crippen MR) is 91.6 cm³/mol. The average molecular weight is 372 g/mol. The van der Waals surface area contributed by atoms with E-state index in [9.17, 15) is 8.42 Å². The van der Waals surface area contributed by atoms with Gasteiger partial charge in [0, 0.05) is 5.92 Å². The fourth-order valence-electron chi connectivity index (χ4n) is 2.27. The molecule has 0 spiro atoms. The first-order valence-electron chi connectivity index (χ1n) is 7.52. The summed E-state index contributed by atoms with van der Waals surface area (Å²) >= 11 is 1.06. The van der Waals surface area contributed by atoms with Gasteiger partial charge >= 0.3 is 0 Å². The van der Waals surface area contributed by atoms with Gasteiger partial charge in [0.2, 0.25) is 5.89 Å². The average Bonchev–Trinajstić information content (AvgIpc) is 3.12. The lowest BCUT2D eigenvalue weighted by Crippen LogP contribution is -2.11. The molecule has 126 valence electrons. The van der Waals surface area contributed by atoms with E-state index in [1.54, 1.807) is 24.3 Å². The first kappa shape index (κ1) is 15.8. The Morgan fingerprint density at radius 1 is 1.24 bits per heavy atom. The van der Waals surface area contributed by atoms with Gasteiger partial charge in [-0.3, -0.25) is 4.72 Å². The maximum Gasteiger partial charge on any atom is 0.271 e. The van der Waals surface area contributed by atoms with Gasteiger partial charge < -0.3 is 4.42 Å². The summed E-state index contributed by atoms with van der Waals surface area (Å²) < 4.78 is 33.3. The number of nitrogens with one attached hydrogen (secondary N) is 1. The molecule has 0 saturated heterocycles. The molecule has 1 aromatic carbocycles. The predicted octanol–water partition coefficient (Wildman–Crippen LogP) is 3.35. The van der Waals surface area contributed by atoms with E-state index in [1.165, 1.54) is 12.1 Å². The number of hydrogen-bond donors (Lipinski definition) is 1. The minimum Gasteiger partial charge on any atom is -0.420 e. The van der Waals surface area contributed by atoms with E-state index in [4.69, 9.17) is 9.68 Å². The van der Waals surface area contributed by atoms with Crippen LogP contribution in [0.1, 0.15) is 30.2 Å². The summed E-state index contributed by atoms with van der Waals surface area (Å²) in [6, 6.07) is 11.4. The van der Waals surface area contributed by atoms with Gasteiger partial charge in [-0.2, -0.15) is 5.26 Å². The van der Waals surface area contributed by atoms with Gasteiger partial charge in [-0.1, -0.05) is 6.07 Å². The zero-order chi connectivity index (χ0) is 17.4. The molecule has 2 heterocycles. The molecular weight excluding hydrogens is 360 g/mol. The van der Waals surface area contributed by atoms with E-state index >= 15 is 0 Å². The molecule has 0 bridgehead atoms. The summed E-state index contributed by atoms with van der Waals surface area (Å²) in [6.45, 7) is 0. The number of sulfonamides is 1. The first-order chi connectivity index (χ1) is 12.0. The van der Waals surface area contributed by atoms with Crippen LogP contribution in [0.5, 0.6) is 0 Å². The van der Waals surface area contributed by atoms with Crippen molar-refractivity contribution < 1.29 is 12.8 Å². The van der Waals surface area contributed by atoms with E-state index < -0.39 is 10.0 Å². The molecule has 0 unspecified atom stereocenters. The van der Waals surface area contributed by atoms with E-state index in [2.05, 4.69) is 14.9 Å². The van der Waals surface area contributed by atoms with Crippen LogP contribution in [0.2, 0.25) is 0 Å². The lowest BCUT2D eigenvalue weighted by molar-refractivity contribution is 0.509. The first-order valence-corrected chi connectivity index (χ1v) is 9.82. The molecule has 1 aliphatic rings. The van der Waals surface area contributed by atoms with Crippen LogP contribution in [0.25, 0.3) is 10.8 Å². The maximum atomic E-state index is 12.5. The number of aromatic nitrogens is 2. The van der Waals surface area contributed by atoms with Crippen molar-refractivity contribution in [3.63, 3.8) is 0 Å². The second kappa shape index (κ2) is 5.98. The summed E-state index contributed by atoms with van der Waals surface area (Å²) in [5, 5.41) is 16.9. The molecule has 7 nitrogen and oxygen atoms in total. The highest BCUT2D eigenvalue weighted by molar-refractivity contribution is 7.94. The largest absolute Gasteiger partial charge is 0.420 e. The number of rotatable bonds is 5. The number of hydrogen-bond acceptors (Lipinski definition) is 7. The highest BCUT2D eigenvalue weighted by Gasteiger charge is 2.30. The Kier molecular flexibility index (Phi) is 3.78. The van der Waals surface area contributed by atoms with Gasteiger partial charge in [0.1, 0.15) is 4.21 Å². The number of nitrogens with zero attached hydrogens (tertiary/aromatic N) is 3. The summed E-state index contributed by atoms with van der Waals surface area (Å²) in [7, 11) is -3.75. The van der Waals surface area contributed by atoms with Crippen LogP contribution in [0.3, 0.4) is 0 Å². The van der Waals surface area contributed by atoms with Crippen molar-refractivity contribution in [1.29, 1.82) is 5.26 Å². The van der Waals surface area contributed by atoms with Gasteiger partial charge in [-0.05, 0) is 43.2 Å². The van der Waals surface area contributed by atoms with Crippen LogP contribution in [0, 0.1) is 11.3 Å². The molecule has 1 saturated carbocycles. The normalized spacial score (nSPS) is 14.2. The molecule has 0 atom stereocenters. The minimum atomic E-state index is -3.75. The Morgan fingerprint density at radius 3 is 2.84 bits per heavy atom. The van der Waals surface area contributed by atoms with Gasteiger partial charge in [0.05, 0.1) is 22.2 Å². The second-order valence-corrected chi connectivity index (χ2v) is 8.63. The maximum absolute atomic E-state index is 12.5. The lowest BCUT2D eigenvalue weighted by atomic mass is 10.2. The topological polar surface area (TPSA) is 109 Å². The molecule has 1 fully saturated rings. The van der Waals surface area contributed by atoms with Gasteiger partial charge in [0.15, 0.2) is 0 Å². The number of benzene rings is 1. The third-order valence-corrected chi connectivity index (χ3v) is 6.61. The summed E-state index contributed by atoms with van der Waals surface area (Å²) in [5.74, 6) is 1.29. The summed E-state index contributed by atoms with van der Waals surface area (Å²) in [4.78, 5) is 0.602. The molecule has 3 aromatic rings. The molecule has 1 N–H and O–H groups in total. The standard InChI is InChI=1S/C16H12N4O3S2/c17-9-10-2-1-3-12(8-10)20-25(21,22)14-7-6-13(24-14)16-19-18-15(23-16)11-4-5-11/h1-3,6-8,11,20H,4-5H2. The van der Waals surface area contributed by atoms with Gasteiger partial charge in [-0.15, -0.1) is 21.5 Å². The lowest BCUT2D eigenvalue weighted by Gasteiger charge is -2.06. The summed E-state index contributed by atoms with van der Waals surface area (Å²) in [5.41, 5.74) is 0.716. The Hall–Kier alpha value is -2.70. The SMILES string of the molecule is N#Cc1cccc(NS(=O)(=O)c2ccc(-c3nnc(C4CC4)o3)s2)c1. The molecule has 25 heavy (non-hydrogen) atoms. The quantitative estimate of drug-likeness (QED) is 0.735. The van der Waals surface area contributed by atoms with Crippen molar-refractivity contribution in [2.45, 2.75) is 23.0 Å². The highest BCUT2D eigenvalue weighted by Crippen LogP contribution is 2.40. The van der Waals surface area contributed by atoms with Crippen molar-refractivity contribution in [3.05, 3.63) is 47.9 Å². The van der Waals surface area contributed by atoms with Crippen LogP contribution in [0.15, 0.2) is 45.0 Å². The number of nitriles is 1. The van der Waals surface area contributed by atoms with Crippen LogP contribution < -0.4 is 4.72 Å². The van der Waals surface area contributed by atoms with Crippen LogP contribution in [-0.4, -0.2) is 18.6 Å². The Bertz CT molecular complexity index is 1070. The van der Waals surface area contributed by atoms with Gasteiger partial charge in [0.25, 0.3) is 15.9 Å². The molecule has 0 amide bonds. The van der Waals surface area contributed by atoms with Crippen LogP contribution >= 0.6 is 11.3 Å². The highest BCUT2D eigenvalue weighted by atomic mass is 32.2. The number of anilines is 1. The van der Waals surface area contributed by atoms with Crippen LogP contribution in [-0.2, 0) is 10.0 Å². The Morgan fingerprint density at radius 2 is 2.08 bits per heavy atom. The second-order valence-electron chi connectivity index (χ2n) is 5.64. The fourth-order valence-corrected chi connectivity index (χ4v) is 4.54. The van der Waals surface area contributed by atoms with Gasteiger partial charge in [-0.25, -0.2) is 8.42 Å². The van der Waals surface area contributed by atoms with Crippen molar-refractivity contribution in [3.8, 4) is 16.8 Å². The fraction of sp³-hybridized carbons (Fsp3) is 0.188. The Balaban J connectivity index is 1.58. The molecular formula is C16H12N4O3S2. The monoisotopic (exact) mass is 372 g/mol. The molecule has 4 rings (SSSR count). The third kappa shape index (κ3) is 3.26.